The normalized spacial score (nSPS) is 23.6. The molecule has 2 aliphatic rings. The lowest BCUT2D eigenvalue weighted by Gasteiger charge is -2.38. The summed E-state index contributed by atoms with van der Waals surface area (Å²) in [4.78, 5) is 7.39. The van der Waals surface area contributed by atoms with Crippen molar-refractivity contribution in [3.63, 3.8) is 0 Å². The Morgan fingerprint density at radius 2 is 1.95 bits per heavy atom. The Morgan fingerprint density at radius 1 is 1.21 bits per heavy atom. The van der Waals surface area contributed by atoms with Crippen molar-refractivity contribution in [1.82, 2.24) is 15.2 Å². The minimum Gasteiger partial charge on any atom is -0.314 e. The molecule has 0 amide bonds. The predicted octanol–water partition coefficient (Wildman–Crippen LogP) is 2.98. The van der Waals surface area contributed by atoms with Crippen LogP contribution in [0.3, 0.4) is 0 Å². The molecule has 0 aromatic carbocycles. The van der Waals surface area contributed by atoms with Gasteiger partial charge in [0.1, 0.15) is 4.60 Å². The van der Waals surface area contributed by atoms with E-state index in [-0.39, 0.29) is 0 Å². The van der Waals surface area contributed by atoms with Crippen LogP contribution < -0.4 is 5.32 Å². The van der Waals surface area contributed by atoms with Crippen molar-refractivity contribution in [3.05, 3.63) is 28.5 Å². The van der Waals surface area contributed by atoms with E-state index in [1.165, 1.54) is 31.4 Å². The molecule has 1 saturated heterocycles. The van der Waals surface area contributed by atoms with E-state index in [0.717, 1.165) is 36.7 Å². The zero-order chi connectivity index (χ0) is 13.1. The van der Waals surface area contributed by atoms with Crippen molar-refractivity contribution in [2.24, 2.45) is 5.92 Å². The summed E-state index contributed by atoms with van der Waals surface area (Å²) in [5, 5.41) is 3.45. The molecule has 0 spiro atoms. The summed E-state index contributed by atoms with van der Waals surface area (Å²) in [5.41, 5.74) is 1.25. The Hall–Kier alpha value is -0.450. The van der Waals surface area contributed by atoms with Gasteiger partial charge < -0.3 is 5.32 Å². The maximum absolute atomic E-state index is 4.75. The minimum atomic E-state index is 0.516. The van der Waals surface area contributed by atoms with E-state index in [4.69, 9.17) is 4.98 Å². The van der Waals surface area contributed by atoms with Crippen LogP contribution >= 0.6 is 15.9 Å². The zero-order valence-electron chi connectivity index (χ0n) is 11.3. The monoisotopic (exact) mass is 323 g/mol. The van der Waals surface area contributed by atoms with E-state index in [2.05, 4.69) is 38.3 Å². The van der Waals surface area contributed by atoms with E-state index < -0.39 is 0 Å². The Morgan fingerprint density at radius 3 is 2.63 bits per heavy atom. The number of nitrogens with one attached hydrogen (secondary N) is 1. The quantitative estimate of drug-likeness (QED) is 0.867. The van der Waals surface area contributed by atoms with E-state index in [0.29, 0.717) is 6.04 Å². The van der Waals surface area contributed by atoms with E-state index in [1.54, 1.807) is 0 Å². The van der Waals surface area contributed by atoms with Gasteiger partial charge in [0.2, 0.25) is 0 Å². The van der Waals surface area contributed by atoms with E-state index in [1.807, 2.05) is 6.07 Å². The standard InChI is InChI=1S/C15H22BrN3/c16-14-7-3-6-13(18-14)15(12-4-1-2-5-12)19-10-8-17-9-11-19/h3,6-7,12,15,17H,1-2,4-5,8-11H2/t15-/m0/s1. The van der Waals surface area contributed by atoms with Gasteiger partial charge in [-0.1, -0.05) is 18.9 Å². The van der Waals surface area contributed by atoms with Gasteiger partial charge in [0.15, 0.2) is 0 Å². The van der Waals surface area contributed by atoms with Crippen molar-refractivity contribution in [2.45, 2.75) is 31.7 Å². The van der Waals surface area contributed by atoms with Crippen molar-refractivity contribution in [2.75, 3.05) is 26.2 Å². The van der Waals surface area contributed by atoms with Crippen molar-refractivity contribution in [3.8, 4) is 0 Å². The first-order chi connectivity index (χ1) is 9.34. The van der Waals surface area contributed by atoms with Crippen molar-refractivity contribution < 1.29 is 0 Å². The zero-order valence-corrected chi connectivity index (χ0v) is 12.9. The maximum atomic E-state index is 4.75. The first-order valence-electron chi connectivity index (χ1n) is 7.42. The third kappa shape index (κ3) is 3.18. The number of piperazine rings is 1. The molecule has 1 aromatic heterocycles. The summed E-state index contributed by atoms with van der Waals surface area (Å²) in [6, 6.07) is 6.86. The summed E-state index contributed by atoms with van der Waals surface area (Å²) in [7, 11) is 0. The van der Waals surface area contributed by atoms with Gasteiger partial charge in [0, 0.05) is 26.2 Å². The Labute approximate surface area is 123 Å². The van der Waals surface area contributed by atoms with Gasteiger partial charge in [0.25, 0.3) is 0 Å². The predicted molar refractivity (Wildman–Crippen MR) is 81.1 cm³/mol. The summed E-state index contributed by atoms with van der Waals surface area (Å²) < 4.78 is 0.961. The molecular formula is C15H22BrN3. The van der Waals surface area contributed by atoms with E-state index >= 15 is 0 Å². The molecule has 0 bridgehead atoms. The van der Waals surface area contributed by atoms with Crippen LogP contribution in [0.5, 0.6) is 0 Å². The number of rotatable bonds is 3. The van der Waals surface area contributed by atoms with Crippen LogP contribution in [0.25, 0.3) is 0 Å². The number of aromatic nitrogens is 1. The van der Waals surface area contributed by atoms with Crippen LogP contribution in [-0.4, -0.2) is 36.1 Å². The van der Waals surface area contributed by atoms with Gasteiger partial charge in [-0.2, -0.15) is 0 Å². The topological polar surface area (TPSA) is 28.2 Å². The summed E-state index contributed by atoms with van der Waals surface area (Å²) in [5.74, 6) is 0.792. The third-order valence-electron chi connectivity index (χ3n) is 4.43. The molecule has 3 rings (SSSR count). The highest BCUT2D eigenvalue weighted by atomic mass is 79.9. The fourth-order valence-electron chi connectivity index (χ4n) is 3.55. The second-order valence-corrected chi connectivity index (χ2v) is 6.47. The van der Waals surface area contributed by atoms with Crippen LogP contribution in [0.15, 0.2) is 22.8 Å². The largest absolute Gasteiger partial charge is 0.314 e. The van der Waals surface area contributed by atoms with Crippen LogP contribution in [-0.2, 0) is 0 Å². The SMILES string of the molecule is Brc1cccc([C@H](C2CCCC2)N2CCNCC2)n1. The average molecular weight is 324 g/mol. The Kier molecular flexibility index (Phi) is 4.51. The second-order valence-electron chi connectivity index (χ2n) is 5.66. The Bertz CT molecular complexity index is 412. The highest BCUT2D eigenvalue weighted by Gasteiger charge is 2.32. The van der Waals surface area contributed by atoms with Crippen LogP contribution in [0.1, 0.15) is 37.4 Å². The number of hydrogen-bond donors (Lipinski definition) is 1. The third-order valence-corrected chi connectivity index (χ3v) is 4.87. The van der Waals surface area contributed by atoms with Crippen LogP contribution in [0, 0.1) is 5.92 Å². The molecule has 1 saturated carbocycles. The maximum Gasteiger partial charge on any atom is 0.106 e. The van der Waals surface area contributed by atoms with E-state index in [9.17, 15) is 0 Å². The number of pyridine rings is 1. The average Bonchev–Trinajstić information content (AvgIpc) is 2.94. The van der Waals surface area contributed by atoms with Gasteiger partial charge >= 0.3 is 0 Å². The summed E-state index contributed by atoms with van der Waals surface area (Å²) >= 11 is 3.52. The van der Waals surface area contributed by atoms with Crippen LogP contribution in [0.2, 0.25) is 0 Å². The number of halogens is 1. The molecule has 3 nitrogen and oxygen atoms in total. The molecule has 1 aliphatic heterocycles. The molecule has 2 fully saturated rings. The molecule has 1 N–H and O–H groups in total. The van der Waals surface area contributed by atoms with Crippen LogP contribution in [0.4, 0.5) is 0 Å². The summed E-state index contributed by atoms with van der Waals surface area (Å²) in [6.07, 6.45) is 5.51. The van der Waals surface area contributed by atoms with Gasteiger partial charge in [-0.25, -0.2) is 4.98 Å². The fourth-order valence-corrected chi connectivity index (χ4v) is 3.91. The van der Waals surface area contributed by atoms with Gasteiger partial charge in [-0.05, 0) is 46.8 Å². The fraction of sp³-hybridized carbons (Fsp3) is 0.667. The minimum absolute atomic E-state index is 0.516. The van der Waals surface area contributed by atoms with Gasteiger partial charge in [-0.15, -0.1) is 0 Å². The molecule has 1 atom stereocenters. The lowest BCUT2D eigenvalue weighted by molar-refractivity contribution is 0.122. The molecule has 0 radical (unpaired) electrons. The first-order valence-corrected chi connectivity index (χ1v) is 8.21. The highest BCUT2D eigenvalue weighted by molar-refractivity contribution is 9.10. The highest BCUT2D eigenvalue weighted by Crippen LogP contribution is 2.39. The molecule has 2 heterocycles. The molecule has 104 valence electrons. The van der Waals surface area contributed by atoms with Gasteiger partial charge in [0.05, 0.1) is 11.7 Å². The van der Waals surface area contributed by atoms with Crippen molar-refractivity contribution in [1.29, 1.82) is 0 Å². The molecule has 1 aromatic rings. The molecular weight excluding hydrogens is 302 g/mol. The first kappa shape index (κ1) is 13.5. The van der Waals surface area contributed by atoms with Gasteiger partial charge in [-0.3, -0.25) is 4.90 Å². The lowest BCUT2D eigenvalue weighted by Crippen LogP contribution is -2.46. The number of hydrogen-bond acceptors (Lipinski definition) is 3. The molecule has 0 unspecified atom stereocenters. The smallest absolute Gasteiger partial charge is 0.106 e. The lowest BCUT2D eigenvalue weighted by atomic mass is 9.93. The number of nitrogens with zero attached hydrogens (tertiary/aromatic N) is 2. The Balaban J connectivity index is 1.86. The molecule has 4 heteroatoms. The molecule has 19 heavy (non-hydrogen) atoms. The molecule has 1 aliphatic carbocycles. The second kappa shape index (κ2) is 6.33. The van der Waals surface area contributed by atoms with Crippen molar-refractivity contribution >= 4 is 15.9 Å². The summed E-state index contributed by atoms with van der Waals surface area (Å²) in [6.45, 7) is 4.51.